The van der Waals surface area contributed by atoms with Crippen LogP contribution in [0.4, 0.5) is 4.39 Å². The normalized spacial score (nSPS) is 16.6. The molecule has 19 heavy (non-hydrogen) atoms. The number of halogens is 3. The van der Waals surface area contributed by atoms with Gasteiger partial charge in [0.15, 0.2) is 0 Å². The topological polar surface area (TPSA) is 66.4 Å². The molecule has 0 bridgehead atoms. The molecule has 2 rings (SSSR count). The molecule has 102 valence electrons. The van der Waals surface area contributed by atoms with Crippen molar-refractivity contribution < 1.29 is 19.1 Å². The lowest BCUT2D eigenvalue weighted by atomic mass is 9.76. The van der Waals surface area contributed by atoms with Crippen LogP contribution in [0.1, 0.15) is 29.6 Å². The molecule has 1 aromatic carbocycles. The van der Waals surface area contributed by atoms with E-state index in [1.807, 2.05) is 0 Å². The quantitative estimate of drug-likeness (QED) is 0.844. The van der Waals surface area contributed by atoms with Gasteiger partial charge in [0.25, 0.3) is 5.91 Å². The summed E-state index contributed by atoms with van der Waals surface area (Å²) in [6.45, 7) is 0. The predicted octanol–water partition coefficient (Wildman–Crippen LogP) is 2.87. The van der Waals surface area contributed by atoms with E-state index in [1.54, 1.807) is 0 Å². The van der Waals surface area contributed by atoms with Crippen molar-refractivity contribution in [1.82, 2.24) is 5.32 Å². The lowest BCUT2D eigenvalue weighted by molar-refractivity contribution is -0.148. The highest BCUT2D eigenvalue weighted by molar-refractivity contribution is 6.36. The number of carbonyl (C=O) groups excluding carboxylic acids is 1. The van der Waals surface area contributed by atoms with Crippen LogP contribution in [0.5, 0.6) is 0 Å². The summed E-state index contributed by atoms with van der Waals surface area (Å²) >= 11 is 11.3. The van der Waals surface area contributed by atoms with Gasteiger partial charge in [-0.15, -0.1) is 0 Å². The zero-order valence-electron chi connectivity index (χ0n) is 9.67. The molecule has 1 aliphatic rings. The zero-order valence-corrected chi connectivity index (χ0v) is 11.2. The molecule has 7 heteroatoms. The molecular formula is C12H10Cl2FNO3. The predicted molar refractivity (Wildman–Crippen MR) is 68.1 cm³/mol. The molecule has 4 nitrogen and oxygen atoms in total. The van der Waals surface area contributed by atoms with Gasteiger partial charge in [-0.05, 0) is 31.4 Å². The van der Waals surface area contributed by atoms with Crippen LogP contribution in [0.25, 0.3) is 0 Å². The maximum Gasteiger partial charge on any atom is 0.329 e. The van der Waals surface area contributed by atoms with Crippen LogP contribution < -0.4 is 5.32 Å². The minimum atomic E-state index is -1.27. The van der Waals surface area contributed by atoms with Crippen LogP contribution in [0.15, 0.2) is 12.1 Å². The van der Waals surface area contributed by atoms with Gasteiger partial charge in [-0.3, -0.25) is 4.79 Å². The van der Waals surface area contributed by atoms with Crippen molar-refractivity contribution in [3.63, 3.8) is 0 Å². The van der Waals surface area contributed by atoms with E-state index in [0.29, 0.717) is 12.8 Å². The van der Waals surface area contributed by atoms with Crippen LogP contribution >= 0.6 is 23.2 Å². The second kappa shape index (κ2) is 4.98. The molecule has 0 heterocycles. The number of aliphatic carboxylic acids is 1. The Hall–Kier alpha value is -1.33. The van der Waals surface area contributed by atoms with E-state index in [9.17, 15) is 14.0 Å². The molecule has 1 aromatic rings. The summed E-state index contributed by atoms with van der Waals surface area (Å²) in [6.07, 6.45) is 1.42. The van der Waals surface area contributed by atoms with Crippen molar-refractivity contribution in [2.24, 2.45) is 0 Å². The first-order valence-corrected chi connectivity index (χ1v) is 6.32. The second-order valence-electron chi connectivity index (χ2n) is 4.44. The fourth-order valence-corrected chi connectivity index (χ4v) is 2.37. The van der Waals surface area contributed by atoms with Crippen molar-refractivity contribution in [3.05, 3.63) is 33.6 Å². The van der Waals surface area contributed by atoms with Crippen molar-refractivity contribution in [2.45, 2.75) is 24.8 Å². The van der Waals surface area contributed by atoms with Gasteiger partial charge < -0.3 is 10.4 Å². The Bertz CT molecular complexity index is 558. The van der Waals surface area contributed by atoms with Gasteiger partial charge in [-0.2, -0.15) is 0 Å². The molecule has 1 fully saturated rings. The van der Waals surface area contributed by atoms with Gasteiger partial charge in [0.2, 0.25) is 0 Å². The molecular weight excluding hydrogens is 296 g/mol. The van der Waals surface area contributed by atoms with Gasteiger partial charge in [-0.25, -0.2) is 9.18 Å². The van der Waals surface area contributed by atoms with E-state index in [0.717, 1.165) is 18.6 Å². The lowest BCUT2D eigenvalue weighted by Crippen LogP contribution is -2.59. The fourth-order valence-electron chi connectivity index (χ4n) is 1.90. The number of nitrogens with one attached hydrogen (secondary N) is 1. The van der Waals surface area contributed by atoms with Crippen molar-refractivity contribution >= 4 is 35.1 Å². The van der Waals surface area contributed by atoms with Crippen molar-refractivity contribution in [1.29, 1.82) is 0 Å². The molecule has 1 aliphatic carbocycles. The minimum absolute atomic E-state index is 0.0243. The minimum Gasteiger partial charge on any atom is -0.480 e. The Kier molecular flexibility index (Phi) is 3.69. The average Bonchev–Trinajstić information content (AvgIpc) is 2.27. The maximum absolute atomic E-state index is 13.3. The maximum atomic E-state index is 13.3. The van der Waals surface area contributed by atoms with E-state index >= 15 is 0 Å². The fraction of sp³-hybridized carbons (Fsp3) is 0.333. The van der Waals surface area contributed by atoms with Crippen LogP contribution in [-0.2, 0) is 4.79 Å². The highest BCUT2D eigenvalue weighted by Crippen LogP contribution is 2.33. The summed E-state index contributed by atoms with van der Waals surface area (Å²) in [5, 5.41) is 11.3. The van der Waals surface area contributed by atoms with E-state index in [4.69, 9.17) is 28.3 Å². The molecule has 0 aliphatic heterocycles. The van der Waals surface area contributed by atoms with Gasteiger partial charge in [-0.1, -0.05) is 23.2 Å². The molecule has 1 saturated carbocycles. The SMILES string of the molecule is O=C(NC1(C(=O)O)CCC1)c1cc(F)c(Cl)cc1Cl. The molecule has 2 N–H and O–H groups in total. The Balaban J connectivity index is 2.25. The van der Waals surface area contributed by atoms with Crippen LogP contribution in [0, 0.1) is 5.82 Å². The Morgan fingerprint density at radius 2 is 1.89 bits per heavy atom. The average molecular weight is 306 g/mol. The van der Waals surface area contributed by atoms with Gasteiger partial charge in [0.05, 0.1) is 15.6 Å². The number of amides is 1. The molecule has 0 aromatic heterocycles. The van der Waals surface area contributed by atoms with Crippen LogP contribution in [0.2, 0.25) is 10.0 Å². The van der Waals surface area contributed by atoms with E-state index in [2.05, 4.69) is 5.32 Å². The number of hydrogen-bond acceptors (Lipinski definition) is 2. The third kappa shape index (κ3) is 2.53. The summed E-state index contributed by atoms with van der Waals surface area (Å²) in [4.78, 5) is 23.1. The molecule has 0 radical (unpaired) electrons. The van der Waals surface area contributed by atoms with Crippen molar-refractivity contribution in [2.75, 3.05) is 0 Å². The van der Waals surface area contributed by atoms with E-state index in [1.165, 1.54) is 0 Å². The van der Waals surface area contributed by atoms with Gasteiger partial charge in [0.1, 0.15) is 11.4 Å². The van der Waals surface area contributed by atoms with Gasteiger partial charge >= 0.3 is 5.97 Å². The Morgan fingerprint density at radius 3 is 2.37 bits per heavy atom. The molecule has 0 unspecified atom stereocenters. The first kappa shape index (κ1) is 14.1. The summed E-state index contributed by atoms with van der Waals surface area (Å²) in [5.74, 6) is -2.60. The summed E-state index contributed by atoms with van der Waals surface area (Å²) in [7, 11) is 0. The lowest BCUT2D eigenvalue weighted by Gasteiger charge is -2.38. The number of rotatable bonds is 3. The molecule has 1 amide bonds. The summed E-state index contributed by atoms with van der Waals surface area (Å²) < 4.78 is 13.3. The first-order valence-electron chi connectivity index (χ1n) is 5.56. The molecule has 0 spiro atoms. The number of carboxylic acid groups (broad SMARTS) is 1. The third-order valence-corrected chi connectivity index (χ3v) is 3.83. The second-order valence-corrected chi connectivity index (χ2v) is 5.26. The third-order valence-electron chi connectivity index (χ3n) is 3.22. The monoisotopic (exact) mass is 305 g/mol. The van der Waals surface area contributed by atoms with Crippen LogP contribution in [0.3, 0.4) is 0 Å². The van der Waals surface area contributed by atoms with E-state index in [-0.39, 0.29) is 15.6 Å². The van der Waals surface area contributed by atoms with Crippen LogP contribution in [-0.4, -0.2) is 22.5 Å². The van der Waals surface area contributed by atoms with E-state index < -0.39 is 23.2 Å². The zero-order chi connectivity index (χ0) is 14.2. The smallest absolute Gasteiger partial charge is 0.329 e. The Labute approximate surface area is 118 Å². The summed E-state index contributed by atoms with van der Waals surface area (Å²) in [5.41, 5.74) is -1.40. The summed E-state index contributed by atoms with van der Waals surface area (Å²) in [6, 6.07) is 2.01. The van der Waals surface area contributed by atoms with Crippen molar-refractivity contribution in [3.8, 4) is 0 Å². The largest absolute Gasteiger partial charge is 0.480 e. The van der Waals surface area contributed by atoms with Gasteiger partial charge in [0, 0.05) is 0 Å². The standard InChI is InChI=1S/C12H10Cl2FNO3/c13-7-5-8(14)9(15)4-6(7)10(17)16-12(11(18)19)2-1-3-12/h4-5H,1-3H2,(H,16,17)(H,18,19). The number of carbonyl (C=O) groups is 2. The molecule has 0 atom stereocenters. The number of hydrogen-bond donors (Lipinski definition) is 2. The highest BCUT2D eigenvalue weighted by atomic mass is 35.5. The molecule has 0 saturated heterocycles. The number of benzene rings is 1. The highest BCUT2D eigenvalue weighted by Gasteiger charge is 2.46. The Morgan fingerprint density at radius 1 is 1.26 bits per heavy atom. The first-order chi connectivity index (χ1) is 8.85. The number of carboxylic acids is 1.